The second-order valence-corrected chi connectivity index (χ2v) is 8.47. The second-order valence-electron chi connectivity index (χ2n) is 6.57. The lowest BCUT2D eigenvalue weighted by Gasteiger charge is -2.25. The maximum Gasteiger partial charge on any atom is 0.241 e. The molecule has 0 radical (unpaired) electrons. The fourth-order valence-electron chi connectivity index (χ4n) is 2.99. The van der Waals surface area contributed by atoms with Crippen LogP contribution >= 0.6 is 0 Å². The highest BCUT2D eigenvalue weighted by atomic mass is 32.2. The second kappa shape index (κ2) is 10.2. The summed E-state index contributed by atoms with van der Waals surface area (Å²) in [6.07, 6.45) is 1.05. The van der Waals surface area contributed by atoms with Crippen LogP contribution in [0.5, 0.6) is 17.2 Å². The molecule has 30 heavy (non-hydrogen) atoms. The molecule has 0 aromatic heterocycles. The zero-order valence-electron chi connectivity index (χ0n) is 17.8. The third-order valence-corrected chi connectivity index (χ3v) is 5.53. The molecule has 0 heterocycles. The number of para-hydroxylation sites is 2. The van der Waals surface area contributed by atoms with Gasteiger partial charge in [-0.3, -0.25) is 9.10 Å². The number of carbonyl (C=O) groups excluding carboxylic acids is 1. The number of amides is 1. The van der Waals surface area contributed by atoms with Gasteiger partial charge < -0.3 is 19.5 Å². The van der Waals surface area contributed by atoms with Crippen molar-refractivity contribution < 1.29 is 27.4 Å². The molecule has 1 atom stereocenters. The van der Waals surface area contributed by atoms with E-state index in [-0.39, 0.29) is 6.54 Å². The molecule has 0 saturated carbocycles. The van der Waals surface area contributed by atoms with Gasteiger partial charge in [0.1, 0.15) is 23.8 Å². The molecule has 164 valence electrons. The van der Waals surface area contributed by atoms with Crippen molar-refractivity contribution >= 4 is 21.6 Å². The summed E-state index contributed by atoms with van der Waals surface area (Å²) < 4.78 is 42.0. The molecule has 2 aromatic rings. The predicted octanol–water partition coefficient (Wildman–Crippen LogP) is 2.75. The van der Waals surface area contributed by atoms with Crippen molar-refractivity contribution in [3.05, 3.63) is 48.0 Å². The summed E-state index contributed by atoms with van der Waals surface area (Å²) >= 11 is 0. The van der Waals surface area contributed by atoms with Crippen LogP contribution in [0.4, 0.5) is 5.69 Å². The quantitative estimate of drug-likeness (QED) is 0.616. The average molecular weight is 437 g/mol. The standard InChI is InChI=1S/C21H28N2O6S/c1-6-29-20-10-8-7-9-18(20)23(30(5,25)26)14-21(24)22-15(2)17-13-16(27-3)11-12-19(17)28-4/h7-13,15H,6,14H2,1-5H3,(H,22,24). The first-order valence-corrected chi connectivity index (χ1v) is 11.3. The molecule has 0 aliphatic rings. The van der Waals surface area contributed by atoms with E-state index >= 15 is 0 Å². The molecule has 0 fully saturated rings. The Morgan fingerprint density at radius 3 is 2.40 bits per heavy atom. The zero-order chi connectivity index (χ0) is 22.3. The minimum absolute atomic E-state index is 0.309. The van der Waals surface area contributed by atoms with Crippen LogP contribution in [0.25, 0.3) is 0 Å². The third-order valence-electron chi connectivity index (χ3n) is 4.40. The van der Waals surface area contributed by atoms with Gasteiger partial charge in [0.15, 0.2) is 0 Å². The molecule has 1 N–H and O–H groups in total. The van der Waals surface area contributed by atoms with E-state index in [1.165, 1.54) is 7.11 Å². The van der Waals surface area contributed by atoms with E-state index in [2.05, 4.69) is 5.32 Å². The van der Waals surface area contributed by atoms with Gasteiger partial charge in [-0.25, -0.2) is 8.42 Å². The first kappa shape index (κ1) is 23.3. The lowest BCUT2D eigenvalue weighted by Crippen LogP contribution is -2.41. The van der Waals surface area contributed by atoms with Crippen LogP contribution in [0.1, 0.15) is 25.5 Å². The van der Waals surface area contributed by atoms with Crippen molar-refractivity contribution in [2.24, 2.45) is 0 Å². The van der Waals surface area contributed by atoms with E-state index in [1.807, 2.05) is 0 Å². The Bertz CT molecular complexity index is 977. The molecular weight excluding hydrogens is 408 g/mol. The Morgan fingerprint density at radius 2 is 1.80 bits per heavy atom. The van der Waals surface area contributed by atoms with Crippen LogP contribution in [-0.4, -0.2) is 48.0 Å². The van der Waals surface area contributed by atoms with E-state index in [1.54, 1.807) is 63.4 Å². The van der Waals surface area contributed by atoms with Crippen LogP contribution in [0.15, 0.2) is 42.5 Å². The van der Waals surface area contributed by atoms with Gasteiger partial charge >= 0.3 is 0 Å². The molecule has 0 aliphatic heterocycles. The summed E-state index contributed by atoms with van der Waals surface area (Å²) in [6.45, 7) is 3.57. The Hall–Kier alpha value is -2.94. The SMILES string of the molecule is CCOc1ccccc1N(CC(=O)NC(C)c1cc(OC)ccc1OC)S(C)(=O)=O. The number of carbonyl (C=O) groups is 1. The minimum atomic E-state index is -3.73. The highest BCUT2D eigenvalue weighted by Crippen LogP contribution is 2.31. The van der Waals surface area contributed by atoms with E-state index in [0.717, 1.165) is 10.6 Å². The number of sulfonamides is 1. The first-order chi connectivity index (χ1) is 14.2. The van der Waals surface area contributed by atoms with E-state index in [0.29, 0.717) is 35.1 Å². The van der Waals surface area contributed by atoms with Gasteiger partial charge in [0, 0.05) is 5.56 Å². The summed E-state index contributed by atoms with van der Waals surface area (Å²) in [6, 6.07) is 11.5. The van der Waals surface area contributed by atoms with Crippen molar-refractivity contribution in [1.29, 1.82) is 0 Å². The molecule has 9 heteroatoms. The minimum Gasteiger partial charge on any atom is -0.497 e. The largest absolute Gasteiger partial charge is 0.497 e. The van der Waals surface area contributed by atoms with Crippen molar-refractivity contribution in [3.8, 4) is 17.2 Å². The molecule has 8 nitrogen and oxygen atoms in total. The van der Waals surface area contributed by atoms with Gasteiger partial charge in [-0.2, -0.15) is 0 Å². The fourth-order valence-corrected chi connectivity index (χ4v) is 3.85. The number of benzene rings is 2. The number of hydrogen-bond acceptors (Lipinski definition) is 6. The van der Waals surface area contributed by atoms with Crippen LogP contribution in [-0.2, 0) is 14.8 Å². The highest BCUT2D eigenvalue weighted by molar-refractivity contribution is 7.92. The van der Waals surface area contributed by atoms with Crippen LogP contribution in [0.2, 0.25) is 0 Å². The van der Waals surface area contributed by atoms with E-state index < -0.39 is 22.0 Å². The third kappa shape index (κ3) is 5.79. The monoisotopic (exact) mass is 436 g/mol. The number of ether oxygens (including phenoxy) is 3. The Kier molecular flexibility index (Phi) is 7.93. The highest BCUT2D eigenvalue weighted by Gasteiger charge is 2.25. The van der Waals surface area contributed by atoms with Gasteiger partial charge in [-0.05, 0) is 44.2 Å². The van der Waals surface area contributed by atoms with Gasteiger partial charge in [-0.1, -0.05) is 12.1 Å². The predicted molar refractivity (Wildman–Crippen MR) is 116 cm³/mol. The van der Waals surface area contributed by atoms with Gasteiger partial charge in [0.25, 0.3) is 0 Å². The molecule has 0 aliphatic carbocycles. The van der Waals surface area contributed by atoms with Crippen LogP contribution in [0.3, 0.4) is 0 Å². The smallest absolute Gasteiger partial charge is 0.241 e. The van der Waals surface area contributed by atoms with Gasteiger partial charge in [-0.15, -0.1) is 0 Å². The van der Waals surface area contributed by atoms with Crippen molar-refractivity contribution in [1.82, 2.24) is 5.32 Å². The van der Waals surface area contributed by atoms with E-state index in [9.17, 15) is 13.2 Å². The summed E-state index contributed by atoms with van der Waals surface area (Å²) in [5.41, 5.74) is 1.02. The molecule has 0 spiro atoms. The average Bonchev–Trinajstić information content (AvgIpc) is 2.71. The summed E-state index contributed by atoms with van der Waals surface area (Å²) in [4.78, 5) is 12.8. The Labute approximate surface area is 177 Å². The molecular formula is C21H28N2O6S. The topological polar surface area (TPSA) is 94.2 Å². The fraction of sp³-hybridized carbons (Fsp3) is 0.381. The lowest BCUT2D eigenvalue weighted by atomic mass is 10.1. The maximum atomic E-state index is 12.8. The van der Waals surface area contributed by atoms with Crippen LogP contribution in [0, 0.1) is 0 Å². The summed E-state index contributed by atoms with van der Waals surface area (Å²) in [5, 5.41) is 2.82. The Balaban J connectivity index is 2.26. The zero-order valence-corrected chi connectivity index (χ0v) is 18.7. The van der Waals surface area contributed by atoms with Crippen molar-refractivity contribution in [2.45, 2.75) is 19.9 Å². The molecule has 0 saturated heterocycles. The number of hydrogen-bond donors (Lipinski definition) is 1. The summed E-state index contributed by atoms with van der Waals surface area (Å²) in [7, 11) is -0.642. The van der Waals surface area contributed by atoms with Crippen molar-refractivity contribution in [3.63, 3.8) is 0 Å². The number of nitrogens with zero attached hydrogens (tertiary/aromatic N) is 1. The summed E-state index contributed by atoms with van der Waals surface area (Å²) in [5.74, 6) is 1.13. The molecule has 1 unspecified atom stereocenters. The first-order valence-electron chi connectivity index (χ1n) is 9.42. The number of methoxy groups -OCH3 is 2. The maximum absolute atomic E-state index is 12.8. The number of rotatable bonds is 10. The van der Waals surface area contributed by atoms with Crippen LogP contribution < -0.4 is 23.8 Å². The van der Waals surface area contributed by atoms with Gasteiger partial charge in [0.2, 0.25) is 15.9 Å². The molecule has 1 amide bonds. The van der Waals surface area contributed by atoms with Gasteiger partial charge in [0.05, 0.1) is 38.8 Å². The number of anilines is 1. The van der Waals surface area contributed by atoms with Crippen molar-refractivity contribution in [2.75, 3.05) is 37.9 Å². The molecule has 0 bridgehead atoms. The lowest BCUT2D eigenvalue weighted by molar-refractivity contribution is -0.120. The number of nitrogens with one attached hydrogen (secondary N) is 1. The molecule has 2 aromatic carbocycles. The Morgan fingerprint density at radius 1 is 1.10 bits per heavy atom. The van der Waals surface area contributed by atoms with E-state index in [4.69, 9.17) is 14.2 Å². The molecule has 2 rings (SSSR count). The normalized spacial score (nSPS) is 12.0.